The second kappa shape index (κ2) is 5.60. The summed E-state index contributed by atoms with van der Waals surface area (Å²) in [5.41, 5.74) is 0.536. The predicted molar refractivity (Wildman–Crippen MR) is 102 cm³/mol. The van der Waals surface area contributed by atoms with E-state index in [4.69, 9.17) is 4.98 Å². The van der Waals surface area contributed by atoms with Crippen LogP contribution in [-0.2, 0) is 4.79 Å². The van der Waals surface area contributed by atoms with Crippen molar-refractivity contribution in [3.05, 3.63) is 46.6 Å². The Kier molecular flexibility index (Phi) is 3.33. The topological polar surface area (TPSA) is 66.1 Å². The Balaban J connectivity index is 1.86. The van der Waals surface area contributed by atoms with Crippen molar-refractivity contribution in [1.82, 2.24) is 9.97 Å². The number of anilines is 1. The fraction of sp³-hybridized carbons (Fsp3) is 0.211. The van der Waals surface area contributed by atoms with Crippen molar-refractivity contribution in [1.29, 1.82) is 0 Å². The monoisotopic (exact) mass is 367 g/mol. The number of benzene rings is 2. The number of pyridine rings is 1. The van der Waals surface area contributed by atoms with Gasteiger partial charge in [-0.1, -0.05) is 11.3 Å². The number of halogens is 1. The van der Waals surface area contributed by atoms with Crippen LogP contribution in [0, 0.1) is 5.82 Å². The van der Waals surface area contributed by atoms with Gasteiger partial charge in [0.1, 0.15) is 11.6 Å². The molecule has 130 valence electrons. The quantitative estimate of drug-likeness (QED) is 0.522. The van der Waals surface area contributed by atoms with Crippen molar-refractivity contribution in [2.45, 2.75) is 12.8 Å². The highest BCUT2D eigenvalue weighted by Gasteiger charge is 2.22. The summed E-state index contributed by atoms with van der Waals surface area (Å²) in [5.74, 6) is -0.105. The van der Waals surface area contributed by atoms with E-state index in [2.05, 4.69) is 9.88 Å². The highest BCUT2D eigenvalue weighted by Crippen LogP contribution is 2.39. The number of hydrogen-bond acceptors (Lipinski definition) is 5. The van der Waals surface area contributed by atoms with Gasteiger partial charge >= 0.3 is 0 Å². The number of ketones is 1. The maximum absolute atomic E-state index is 13.9. The van der Waals surface area contributed by atoms with Crippen LogP contribution in [0.15, 0.2) is 35.3 Å². The molecule has 1 fully saturated rings. The zero-order valence-electron chi connectivity index (χ0n) is 13.7. The molecule has 0 saturated carbocycles. The summed E-state index contributed by atoms with van der Waals surface area (Å²) in [6.07, 6.45) is 2.67. The van der Waals surface area contributed by atoms with Crippen molar-refractivity contribution >= 4 is 54.0 Å². The molecule has 2 aromatic carbocycles. The molecule has 5 nitrogen and oxygen atoms in total. The molecule has 0 unspecified atom stereocenters. The van der Waals surface area contributed by atoms with Gasteiger partial charge in [0, 0.05) is 48.3 Å². The minimum absolute atomic E-state index is 0.237. The van der Waals surface area contributed by atoms with Crippen LogP contribution in [0.5, 0.6) is 0 Å². The van der Waals surface area contributed by atoms with Crippen molar-refractivity contribution < 1.29 is 9.18 Å². The fourth-order valence-electron chi connectivity index (χ4n) is 3.62. The maximum atomic E-state index is 13.9. The lowest BCUT2D eigenvalue weighted by molar-refractivity contribution is -0.119. The highest BCUT2D eigenvalue weighted by molar-refractivity contribution is 7.23. The number of aromatic nitrogens is 2. The lowest BCUT2D eigenvalue weighted by atomic mass is 10.0. The first-order chi connectivity index (χ1) is 12.6. The van der Waals surface area contributed by atoms with Crippen molar-refractivity contribution in [2.24, 2.45) is 0 Å². The minimum Gasteiger partial charge on any atom is -0.347 e. The summed E-state index contributed by atoms with van der Waals surface area (Å²) in [7, 11) is 0. The van der Waals surface area contributed by atoms with E-state index in [9.17, 15) is 14.0 Å². The van der Waals surface area contributed by atoms with Gasteiger partial charge in [0.2, 0.25) is 0 Å². The third-order valence-electron chi connectivity index (χ3n) is 4.92. The smallest absolute Gasteiger partial charge is 0.256 e. The zero-order valence-corrected chi connectivity index (χ0v) is 14.5. The molecule has 26 heavy (non-hydrogen) atoms. The molecule has 2 aromatic heterocycles. The zero-order chi connectivity index (χ0) is 17.8. The molecule has 0 spiro atoms. The summed E-state index contributed by atoms with van der Waals surface area (Å²) in [5, 5.41) is 3.43. The number of Topliss-reactive ketones (excluding diaryl/α,β-unsaturated/α-hetero) is 1. The second-order valence-corrected chi connectivity index (χ2v) is 7.46. The average Bonchev–Trinajstić information content (AvgIpc) is 3.08. The van der Waals surface area contributed by atoms with Crippen molar-refractivity contribution in [2.75, 3.05) is 18.0 Å². The van der Waals surface area contributed by atoms with Crippen LogP contribution in [-0.4, -0.2) is 28.8 Å². The number of nitrogens with zero attached hydrogens (tertiary/aromatic N) is 2. The molecule has 0 amide bonds. The Morgan fingerprint density at radius 3 is 2.69 bits per heavy atom. The van der Waals surface area contributed by atoms with Gasteiger partial charge in [-0.05, 0) is 24.3 Å². The van der Waals surface area contributed by atoms with Gasteiger partial charge in [-0.3, -0.25) is 9.59 Å². The SMILES string of the molecule is O=C1CCN(c2nc3c4ccc(F)cc4c4c(=O)[nH]ccc4c3s2)CC1. The summed E-state index contributed by atoms with van der Waals surface area (Å²) >= 11 is 1.52. The minimum atomic E-state index is -0.383. The summed E-state index contributed by atoms with van der Waals surface area (Å²) in [4.78, 5) is 33.6. The molecule has 1 aliphatic heterocycles. The largest absolute Gasteiger partial charge is 0.347 e. The van der Waals surface area contributed by atoms with E-state index in [-0.39, 0.29) is 17.2 Å². The first-order valence-electron chi connectivity index (χ1n) is 8.41. The predicted octanol–water partition coefficient (Wildman–Crippen LogP) is 3.60. The highest BCUT2D eigenvalue weighted by atomic mass is 32.1. The van der Waals surface area contributed by atoms with Gasteiger partial charge in [0.15, 0.2) is 5.13 Å². The number of rotatable bonds is 1. The number of fused-ring (bicyclic) bond motifs is 6. The van der Waals surface area contributed by atoms with Crippen LogP contribution < -0.4 is 10.5 Å². The van der Waals surface area contributed by atoms with Gasteiger partial charge in [-0.15, -0.1) is 0 Å². The van der Waals surface area contributed by atoms with Crippen LogP contribution in [0.3, 0.4) is 0 Å². The first kappa shape index (κ1) is 15.5. The van der Waals surface area contributed by atoms with E-state index >= 15 is 0 Å². The van der Waals surface area contributed by atoms with Crippen LogP contribution in [0.4, 0.5) is 9.52 Å². The van der Waals surface area contributed by atoms with E-state index in [1.165, 1.54) is 23.5 Å². The van der Waals surface area contributed by atoms with Crippen molar-refractivity contribution in [3.8, 4) is 0 Å². The summed E-state index contributed by atoms with van der Waals surface area (Å²) in [6.45, 7) is 1.31. The summed E-state index contributed by atoms with van der Waals surface area (Å²) < 4.78 is 14.8. The molecule has 1 aliphatic rings. The number of H-pyrrole nitrogens is 1. The molecule has 1 saturated heterocycles. The number of aromatic amines is 1. The van der Waals surface area contributed by atoms with Crippen LogP contribution in [0.2, 0.25) is 0 Å². The first-order valence-corrected chi connectivity index (χ1v) is 9.23. The van der Waals surface area contributed by atoms with Gasteiger partial charge in [0.25, 0.3) is 5.56 Å². The summed E-state index contributed by atoms with van der Waals surface area (Å²) in [6, 6.07) is 6.31. The number of nitrogens with one attached hydrogen (secondary N) is 1. The molecule has 5 rings (SSSR count). The Morgan fingerprint density at radius 2 is 1.88 bits per heavy atom. The van der Waals surface area contributed by atoms with Crippen LogP contribution in [0.1, 0.15) is 12.8 Å². The van der Waals surface area contributed by atoms with E-state index in [1.54, 1.807) is 12.3 Å². The molecule has 7 heteroatoms. The Labute approximate surface area is 151 Å². The van der Waals surface area contributed by atoms with Gasteiger partial charge in [-0.25, -0.2) is 9.37 Å². The molecule has 0 bridgehead atoms. The van der Waals surface area contributed by atoms with Crippen LogP contribution in [0.25, 0.3) is 31.8 Å². The van der Waals surface area contributed by atoms with Gasteiger partial charge in [-0.2, -0.15) is 0 Å². The molecule has 0 aliphatic carbocycles. The van der Waals surface area contributed by atoms with E-state index in [0.717, 1.165) is 26.1 Å². The van der Waals surface area contributed by atoms with E-state index in [1.807, 2.05) is 6.07 Å². The molecule has 1 N–H and O–H groups in total. The Morgan fingerprint density at radius 1 is 1.08 bits per heavy atom. The molecule has 4 aromatic rings. The third-order valence-corrected chi connectivity index (χ3v) is 6.07. The lowest BCUT2D eigenvalue weighted by Gasteiger charge is -2.25. The number of carbonyl (C=O) groups is 1. The Hall–Kier alpha value is -2.80. The van der Waals surface area contributed by atoms with E-state index in [0.29, 0.717) is 36.7 Å². The number of piperidine rings is 1. The van der Waals surface area contributed by atoms with Crippen molar-refractivity contribution in [3.63, 3.8) is 0 Å². The van der Waals surface area contributed by atoms with Crippen LogP contribution >= 0.6 is 11.3 Å². The fourth-order valence-corrected chi connectivity index (χ4v) is 4.79. The number of thiazole rings is 1. The Bertz CT molecular complexity index is 1250. The normalized spacial score (nSPS) is 15.4. The lowest BCUT2D eigenvalue weighted by Crippen LogP contribution is -2.33. The molecular weight excluding hydrogens is 353 g/mol. The molecule has 0 radical (unpaired) electrons. The van der Waals surface area contributed by atoms with E-state index < -0.39 is 0 Å². The second-order valence-electron chi connectivity index (χ2n) is 6.49. The maximum Gasteiger partial charge on any atom is 0.256 e. The standard InChI is InChI=1S/C19H14FN3O2S/c20-10-1-2-12-14(9-10)15-13(3-6-21-18(15)25)17-16(12)22-19(26-17)23-7-4-11(24)5-8-23/h1-3,6,9H,4-5,7-8H2,(H,21,25). The van der Waals surface area contributed by atoms with Gasteiger partial charge < -0.3 is 9.88 Å². The number of carbonyl (C=O) groups excluding carboxylic acids is 1. The molecular formula is C19H14FN3O2S. The molecule has 0 atom stereocenters. The third kappa shape index (κ3) is 2.24. The number of hydrogen-bond donors (Lipinski definition) is 1. The van der Waals surface area contributed by atoms with Gasteiger partial charge in [0.05, 0.1) is 15.6 Å². The molecule has 3 heterocycles. The average molecular weight is 367 g/mol.